The van der Waals surface area contributed by atoms with Crippen LogP contribution in [0.4, 0.5) is 0 Å². The Morgan fingerprint density at radius 3 is 2.81 bits per heavy atom. The lowest BCUT2D eigenvalue weighted by molar-refractivity contribution is 0.0619. The van der Waals surface area contributed by atoms with Gasteiger partial charge in [-0.3, -0.25) is 4.90 Å². The molecule has 0 aromatic rings. The highest BCUT2D eigenvalue weighted by Crippen LogP contribution is 2.14. The third-order valence-electron chi connectivity index (χ3n) is 3.36. The van der Waals surface area contributed by atoms with Crippen molar-refractivity contribution in [2.45, 2.75) is 52.2 Å². The average Bonchev–Trinajstić information content (AvgIpc) is 2.78. The van der Waals surface area contributed by atoms with Crippen LogP contribution in [0.15, 0.2) is 0 Å². The number of rotatable bonds is 8. The molecule has 1 rings (SSSR count). The van der Waals surface area contributed by atoms with Crippen LogP contribution in [0.1, 0.15) is 40.0 Å². The smallest absolute Gasteiger partial charge is 0.0702 e. The summed E-state index contributed by atoms with van der Waals surface area (Å²) >= 11 is 0. The van der Waals surface area contributed by atoms with Gasteiger partial charge in [-0.05, 0) is 39.3 Å². The molecule has 0 aromatic carbocycles. The van der Waals surface area contributed by atoms with E-state index in [0.29, 0.717) is 12.1 Å². The van der Waals surface area contributed by atoms with Crippen LogP contribution in [0.5, 0.6) is 0 Å². The van der Waals surface area contributed by atoms with Crippen LogP contribution in [-0.2, 0) is 4.74 Å². The zero-order valence-electron chi connectivity index (χ0n) is 11.2. The van der Waals surface area contributed by atoms with Gasteiger partial charge in [0.05, 0.1) is 6.10 Å². The lowest BCUT2D eigenvalue weighted by atomic mass is 10.2. The van der Waals surface area contributed by atoms with Gasteiger partial charge in [0.25, 0.3) is 0 Å². The van der Waals surface area contributed by atoms with E-state index in [9.17, 15) is 0 Å². The first-order valence-electron chi connectivity index (χ1n) is 6.84. The number of ether oxygens (including phenoxy) is 1. The molecular formula is C13H28N2O. The summed E-state index contributed by atoms with van der Waals surface area (Å²) in [6.07, 6.45) is 4.18. The van der Waals surface area contributed by atoms with E-state index in [0.717, 1.165) is 32.8 Å². The lowest BCUT2D eigenvalue weighted by Crippen LogP contribution is -2.44. The Hall–Kier alpha value is -0.120. The number of nitrogens with zero attached hydrogens (tertiary/aromatic N) is 1. The lowest BCUT2D eigenvalue weighted by Gasteiger charge is -2.30. The highest BCUT2D eigenvalue weighted by molar-refractivity contribution is 4.75. The van der Waals surface area contributed by atoms with Crippen molar-refractivity contribution in [3.8, 4) is 0 Å². The molecule has 3 nitrogen and oxygen atoms in total. The maximum atomic E-state index is 5.70. The molecule has 1 aliphatic rings. The van der Waals surface area contributed by atoms with E-state index in [4.69, 9.17) is 4.74 Å². The molecule has 0 saturated carbocycles. The first kappa shape index (κ1) is 13.9. The van der Waals surface area contributed by atoms with Crippen LogP contribution in [0.2, 0.25) is 0 Å². The number of nitrogens with one attached hydrogen (secondary N) is 1. The van der Waals surface area contributed by atoms with Gasteiger partial charge in [-0.15, -0.1) is 0 Å². The highest BCUT2D eigenvalue weighted by atomic mass is 16.5. The molecule has 0 radical (unpaired) electrons. The van der Waals surface area contributed by atoms with Gasteiger partial charge < -0.3 is 10.1 Å². The standard InChI is InChI=1S/C13H28N2O/c1-4-8-14-10-12(3)15(5-2)11-13-7-6-9-16-13/h12-14H,4-11H2,1-3H3. The predicted octanol–water partition coefficient (Wildman–Crippen LogP) is 1.88. The van der Waals surface area contributed by atoms with Crippen LogP contribution < -0.4 is 5.32 Å². The molecule has 1 aliphatic heterocycles. The largest absolute Gasteiger partial charge is 0.377 e. The Balaban J connectivity index is 2.22. The maximum Gasteiger partial charge on any atom is 0.0702 e. The summed E-state index contributed by atoms with van der Waals surface area (Å²) in [6.45, 7) is 12.2. The Labute approximate surface area is 101 Å². The molecule has 0 amide bonds. The highest BCUT2D eigenvalue weighted by Gasteiger charge is 2.21. The zero-order chi connectivity index (χ0) is 11.8. The maximum absolute atomic E-state index is 5.70. The Kier molecular flexibility index (Phi) is 7.01. The van der Waals surface area contributed by atoms with Crippen molar-refractivity contribution >= 4 is 0 Å². The van der Waals surface area contributed by atoms with E-state index in [-0.39, 0.29) is 0 Å². The molecule has 96 valence electrons. The van der Waals surface area contributed by atoms with Gasteiger partial charge in [-0.2, -0.15) is 0 Å². The Morgan fingerprint density at radius 2 is 2.25 bits per heavy atom. The second-order valence-electron chi connectivity index (χ2n) is 4.78. The topological polar surface area (TPSA) is 24.5 Å². The minimum Gasteiger partial charge on any atom is -0.377 e. The van der Waals surface area contributed by atoms with E-state index in [1.54, 1.807) is 0 Å². The van der Waals surface area contributed by atoms with Crippen LogP contribution in [0, 0.1) is 0 Å². The van der Waals surface area contributed by atoms with Gasteiger partial charge in [0.1, 0.15) is 0 Å². The van der Waals surface area contributed by atoms with Crippen LogP contribution in [-0.4, -0.2) is 49.8 Å². The molecule has 0 aromatic heterocycles. The van der Waals surface area contributed by atoms with E-state index >= 15 is 0 Å². The molecule has 2 atom stereocenters. The first-order chi connectivity index (χ1) is 7.77. The third kappa shape index (κ3) is 4.81. The van der Waals surface area contributed by atoms with Gasteiger partial charge in [0.15, 0.2) is 0 Å². The van der Waals surface area contributed by atoms with Crippen molar-refractivity contribution < 1.29 is 4.74 Å². The van der Waals surface area contributed by atoms with Crippen molar-refractivity contribution in [2.24, 2.45) is 0 Å². The van der Waals surface area contributed by atoms with E-state index < -0.39 is 0 Å². The minimum absolute atomic E-state index is 0.480. The van der Waals surface area contributed by atoms with Gasteiger partial charge in [-0.1, -0.05) is 13.8 Å². The molecule has 3 heteroatoms. The monoisotopic (exact) mass is 228 g/mol. The predicted molar refractivity (Wildman–Crippen MR) is 68.8 cm³/mol. The minimum atomic E-state index is 0.480. The fourth-order valence-corrected chi connectivity index (χ4v) is 2.29. The van der Waals surface area contributed by atoms with Gasteiger partial charge in [0, 0.05) is 25.7 Å². The Bertz CT molecular complexity index is 169. The van der Waals surface area contributed by atoms with Crippen LogP contribution in [0.25, 0.3) is 0 Å². The van der Waals surface area contributed by atoms with Gasteiger partial charge in [0.2, 0.25) is 0 Å². The fourth-order valence-electron chi connectivity index (χ4n) is 2.29. The molecule has 0 aliphatic carbocycles. The molecule has 2 unspecified atom stereocenters. The SMILES string of the molecule is CCCNCC(C)N(CC)CC1CCCO1. The second kappa shape index (κ2) is 8.04. The fraction of sp³-hybridized carbons (Fsp3) is 1.00. The number of hydrogen-bond acceptors (Lipinski definition) is 3. The molecule has 16 heavy (non-hydrogen) atoms. The molecule has 0 spiro atoms. The third-order valence-corrected chi connectivity index (χ3v) is 3.36. The van der Waals surface area contributed by atoms with Crippen LogP contribution in [0.3, 0.4) is 0 Å². The molecular weight excluding hydrogens is 200 g/mol. The summed E-state index contributed by atoms with van der Waals surface area (Å²) in [5, 5.41) is 3.49. The van der Waals surface area contributed by atoms with Crippen LogP contribution >= 0.6 is 0 Å². The first-order valence-corrected chi connectivity index (χ1v) is 6.84. The van der Waals surface area contributed by atoms with E-state index in [1.165, 1.54) is 19.3 Å². The molecule has 1 saturated heterocycles. The number of likely N-dealkylation sites (N-methyl/N-ethyl adjacent to an activating group) is 1. The van der Waals surface area contributed by atoms with Crippen molar-refractivity contribution in [1.82, 2.24) is 10.2 Å². The van der Waals surface area contributed by atoms with Gasteiger partial charge >= 0.3 is 0 Å². The summed E-state index contributed by atoms with van der Waals surface area (Å²) < 4.78 is 5.70. The Morgan fingerprint density at radius 1 is 1.44 bits per heavy atom. The van der Waals surface area contributed by atoms with Crippen molar-refractivity contribution in [1.29, 1.82) is 0 Å². The summed E-state index contributed by atoms with van der Waals surface area (Å²) in [7, 11) is 0. The van der Waals surface area contributed by atoms with Gasteiger partial charge in [-0.25, -0.2) is 0 Å². The molecule has 0 bridgehead atoms. The van der Waals surface area contributed by atoms with Crippen molar-refractivity contribution in [2.75, 3.05) is 32.8 Å². The van der Waals surface area contributed by atoms with E-state index in [1.807, 2.05) is 0 Å². The molecule has 1 N–H and O–H groups in total. The quantitative estimate of drug-likeness (QED) is 0.642. The van der Waals surface area contributed by atoms with Crippen molar-refractivity contribution in [3.05, 3.63) is 0 Å². The summed E-state index contributed by atoms with van der Waals surface area (Å²) in [5.74, 6) is 0. The van der Waals surface area contributed by atoms with Crippen molar-refractivity contribution in [3.63, 3.8) is 0 Å². The van der Waals surface area contributed by atoms with E-state index in [2.05, 4.69) is 31.0 Å². The number of hydrogen-bond donors (Lipinski definition) is 1. The zero-order valence-corrected chi connectivity index (χ0v) is 11.2. The average molecular weight is 228 g/mol. The molecule has 1 heterocycles. The normalized spacial score (nSPS) is 22.9. The second-order valence-corrected chi connectivity index (χ2v) is 4.78. The summed E-state index contributed by atoms with van der Waals surface area (Å²) in [4.78, 5) is 2.53. The summed E-state index contributed by atoms with van der Waals surface area (Å²) in [6, 6.07) is 0.612. The summed E-state index contributed by atoms with van der Waals surface area (Å²) in [5.41, 5.74) is 0. The molecule has 1 fully saturated rings.